The van der Waals surface area contributed by atoms with Crippen molar-refractivity contribution in [2.75, 3.05) is 31.2 Å². The number of rotatable bonds is 3. The van der Waals surface area contributed by atoms with E-state index in [1.165, 1.54) is 0 Å². The lowest BCUT2D eigenvalue weighted by molar-refractivity contribution is 0.202. The number of aromatic nitrogens is 1. The van der Waals surface area contributed by atoms with E-state index >= 15 is 0 Å². The maximum absolute atomic E-state index is 12.1. The summed E-state index contributed by atoms with van der Waals surface area (Å²) in [5.74, 6) is 0. The minimum atomic E-state index is -0.109. The standard InChI is InChI=1S/C11H17N5O/c1-2-16(10-3-5-12-6-4-10)11(17)14-15-8-7-13-9-15/h3-6,13H,2,7-9H2,1H3,(H,14,17). The Morgan fingerprint density at radius 3 is 2.94 bits per heavy atom. The summed E-state index contributed by atoms with van der Waals surface area (Å²) >= 11 is 0. The van der Waals surface area contributed by atoms with Crippen molar-refractivity contribution in [2.24, 2.45) is 0 Å². The minimum Gasteiger partial charge on any atom is -0.302 e. The molecule has 1 saturated heterocycles. The van der Waals surface area contributed by atoms with E-state index in [-0.39, 0.29) is 6.03 Å². The number of carbonyl (C=O) groups excluding carboxylic acids is 1. The van der Waals surface area contributed by atoms with Gasteiger partial charge in [-0.15, -0.1) is 0 Å². The van der Waals surface area contributed by atoms with Crippen LogP contribution < -0.4 is 15.6 Å². The molecule has 0 saturated carbocycles. The number of amides is 2. The number of carbonyl (C=O) groups is 1. The molecule has 6 nitrogen and oxygen atoms in total. The molecule has 0 unspecified atom stereocenters. The fraction of sp³-hybridized carbons (Fsp3) is 0.455. The summed E-state index contributed by atoms with van der Waals surface area (Å²) in [4.78, 5) is 17.7. The van der Waals surface area contributed by atoms with Crippen molar-refractivity contribution >= 4 is 11.7 Å². The molecule has 1 aromatic rings. The lowest BCUT2D eigenvalue weighted by atomic mass is 10.3. The molecule has 1 aromatic heterocycles. The van der Waals surface area contributed by atoms with Gasteiger partial charge in [0, 0.05) is 37.7 Å². The highest BCUT2D eigenvalue weighted by atomic mass is 16.2. The minimum absolute atomic E-state index is 0.109. The molecule has 6 heteroatoms. The predicted molar refractivity (Wildman–Crippen MR) is 65.4 cm³/mol. The number of anilines is 1. The van der Waals surface area contributed by atoms with Crippen molar-refractivity contribution in [1.29, 1.82) is 0 Å². The largest absolute Gasteiger partial charge is 0.336 e. The Balaban J connectivity index is 2.00. The van der Waals surface area contributed by atoms with Gasteiger partial charge in [-0.25, -0.2) is 9.80 Å². The highest BCUT2D eigenvalue weighted by molar-refractivity contribution is 5.91. The van der Waals surface area contributed by atoms with Crippen LogP contribution in [-0.4, -0.2) is 42.3 Å². The summed E-state index contributed by atoms with van der Waals surface area (Å²) in [5, 5.41) is 5.02. The number of hydrazine groups is 1. The molecule has 0 aromatic carbocycles. The maximum atomic E-state index is 12.1. The summed E-state index contributed by atoms with van der Waals surface area (Å²) in [6.45, 7) is 5.00. The summed E-state index contributed by atoms with van der Waals surface area (Å²) in [7, 11) is 0. The molecule has 17 heavy (non-hydrogen) atoms. The second kappa shape index (κ2) is 5.60. The first-order chi connectivity index (χ1) is 8.31. The number of hydrogen-bond acceptors (Lipinski definition) is 4. The van der Waals surface area contributed by atoms with Crippen molar-refractivity contribution in [2.45, 2.75) is 6.92 Å². The van der Waals surface area contributed by atoms with Crippen LogP contribution in [0.25, 0.3) is 0 Å². The zero-order chi connectivity index (χ0) is 12.1. The Bertz CT molecular complexity index is 363. The Hall–Kier alpha value is -1.66. The Labute approximate surface area is 101 Å². The number of urea groups is 1. The second-order valence-electron chi connectivity index (χ2n) is 3.79. The summed E-state index contributed by atoms with van der Waals surface area (Å²) in [6.07, 6.45) is 3.37. The monoisotopic (exact) mass is 235 g/mol. The molecular formula is C11H17N5O. The van der Waals surface area contributed by atoms with Crippen molar-refractivity contribution in [3.63, 3.8) is 0 Å². The third-order valence-electron chi connectivity index (χ3n) is 2.65. The van der Waals surface area contributed by atoms with E-state index in [1.807, 2.05) is 24.1 Å². The van der Waals surface area contributed by atoms with Gasteiger partial charge in [-0.1, -0.05) is 0 Å². The molecule has 1 fully saturated rings. The molecule has 2 N–H and O–H groups in total. The molecule has 2 amide bonds. The fourth-order valence-corrected chi connectivity index (χ4v) is 1.77. The number of pyridine rings is 1. The summed E-state index contributed by atoms with van der Waals surface area (Å²) in [6, 6.07) is 3.54. The lowest BCUT2D eigenvalue weighted by Crippen LogP contribution is -2.48. The summed E-state index contributed by atoms with van der Waals surface area (Å²) in [5.41, 5.74) is 3.72. The van der Waals surface area contributed by atoms with Crippen molar-refractivity contribution in [3.05, 3.63) is 24.5 Å². The molecule has 1 aliphatic rings. The Morgan fingerprint density at radius 1 is 1.59 bits per heavy atom. The molecule has 92 valence electrons. The molecule has 0 radical (unpaired) electrons. The zero-order valence-corrected chi connectivity index (χ0v) is 9.89. The average molecular weight is 235 g/mol. The quantitative estimate of drug-likeness (QED) is 0.796. The number of hydrogen-bond donors (Lipinski definition) is 2. The van der Waals surface area contributed by atoms with Gasteiger partial charge >= 0.3 is 6.03 Å². The van der Waals surface area contributed by atoms with E-state index in [2.05, 4.69) is 15.7 Å². The van der Waals surface area contributed by atoms with Gasteiger partial charge in [-0.3, -0.25) is 15.3 Å². The predicted octanol–water partition coefficient (Wildman–Crippen LogP) is 0.395. The normalized spacial score (nSPS) is 15.8. The van der Waals surface area contributed by atoms with Crippen LogP contribution >= 0.6 is 0 Å². The third-order valence-corrected chi connectivity index (χ3v) is 2.65. The van der Waals surface area contributed by atoms with Crippen LogP contribution in [-0.2, 0) is 0 Å². The highest BCUT2D eigenvalue weighted by Crippen LogP contribution is 2.11. The molecule has 0 spiro atoms. The van der Waals surface area contributed by atoms with Crippen LogP contribution in [0, 0.1) is 0 Å². The van der Waals surface area contributed by atoms with Crippen LogP contribution in [0.1, 0.15) is 6.92 Å². The van der Waals surface area contributed by atoms with Crippen molar-refractivity contribution < 1.29 is 4.79 Å². The molecule has 0 atom stereocenters. The van der Waals surface area contributed by atoms with Crippen molar-refractivity contribution in [3.8, 4) is 0 Å². The average Bonchev–Trinajstić information content (AvgIpc) is 2.84. The maximum Gasteiger partial charge on any atom is 0.336 e. The molecular weight excluding hydrogens is 218 g/mol. The van der Waals surface area contributed by atoms with E-state index in [9.17, 15) is 4.79 Å². The Kier molecular flexibility index (Phi) is 3.89. The van der Waals surface area contributed by atoms with Gasteiger partial charge in [0.1, 0.15) is 0 Å². The third kappa shape index (κ3) is 2.92. The van der Waals surface area contributed by atoms with E-state index in [0.717, 1.165) is 18.8 Å². The van der Waals surface area contributed by atoms with Crippen LogP contribution in [0.15, 0.2) is 24.5 Å². The molecule has 0 aliphatic carbocycles. The molecule has 2 heterocycles. The van der Waals surface area contributed by atoms with E-state index < -0.39 is 0 Å². The van der Waals surface area contributed by atoms with Crippen molar-refractivity contribution in [1.82, 2.24) is 20.7 Å². The van der Waals surface area contributed by atoms with Gasteiger partial charge in [-0.2, -0.15) is 0 Å². The van der Waals surface area contributed by atoms with Gasteiger partial charge in [0.25, 0.3) is 0 Å². The summed E-state index contributed by atoms with van der Waals surface area (Å²) < 4.78 is 0. The number of nitrogens with one attached hydrogen (secondary N) is 2. The first kappa shape index (κ1) is 11.8. The lowest BCUT2D eigenvalue weighted by Gasteiger charge is -2.24. The first-order valence-corrected chi connectivity index (χ1v) is 5.75. The highest BCUT2D eigenvalue weighted by Gasteiger charge is 2.18. The Morgan fingerprint density at radius 2 is 2.35 bits per heavy atom. The number of nitrogens with zero attached hydrogens (tertiary/aromatic N) is 3. The molecule has 2 rings (SSSR count). The van der Waals surface area contributed by atoms with Gasteiger partial charge in [0.2, 0.25) is 0 Å². The smallest absolute Gasteiger partial charge is 0.302 e. The van der Waals surface area contributed by atoms with E-state index in [4.69, 9.17) is 0 Å². The molecule has 1 aliphatic heterocycles. The van der Waals surface area contributed by atoms with Gasteiger partial charge in [0.05, 0.1) is 6.67 Å². The molecule has 0 bridgehead atoms. The SMILES string of the molecule is CCN(C(=O)NN1CCNC1)c1ccncc1. The topological polar surface area (TPSA) is 60.5 Å². The van der Waals surface area contributed by atoms with Crippen LogP contribution in [0.5, 0.6) is 0 Å². The second-order valence-corrected chi connectivity index (χ2v) is 3.79. The zero-order valence-electron chi connectivity index (χ0n) is 9.89. The van der Waals surface area contributed by atoms with E-state index in [0.29, 0.717) is 13.2 Å². The van der Waals surface area contributed by atoms with Crippen LogP contribution in [0.4, 0.5) is 10.5 Å². The fourth-order valence-electron chi connectivity index (χ4n) is 1.77. The van der Waals surface area contributed by atoms with Gasteiger partial charge < -0.3 is 5.32 Å². The van der Waals surface area contributed by atoms with E-state index in [1.54, 1.807) is 17.3 Å². The van der Waals surface area contributed by atoms with Crippen LogP contribution in [0.3, 0.4) is 0 Å². The van der Waals surface area contributed by atoms with Gasteiger partial charge in [-0.05, 0) is 19.1 Å². The van der Waals surface area contributed by atoms with Crippen LogP contribution in [0.2, 0.25) is 0 Å². The first-order valence-electron chi connectivity index (χ1n) is 5.75. The van der Waals surface area contributed by atoms with Gasteiger partial charge in [0.15, 0.2) is 0 Å².